The highest BCUT2D eigenvalue weighted by atomic mass is 35.5. The van der Waals surface area contributed by atoms with Crippen molar-refractivity contribution in [3.05, 3.63) is 23.8 Å². The summed E-state index contributed by atoms with van der Waals surface area (Å²) in [5.41, 5.74) is 1.02. The highest BCUT2D eigenvalue weighted by Gasteiger charge is 2.17. The second-order valence-electron chi connectivity index (χ2n) is 7.88. The third kappa shape index (κ3) is 10.5. The van der Waals surface area contributed by atoms with Crippen LogP contribution in [0.1, 0.15) is 53.0 Å². The van der Waals surface area contributed by atoms with Crippen molar-refractivity contribution >= 4 is 12.4 Å². The highest BCUT2D eigenvalue weighted by molar-refractivity contribution is 5.85. The molecule has 28 heavy (non-hydrogen) atoms. The summed E-state index contributed by atoms with van der Waals surface area (Å²) in [5, 5.41) is 26.6. The van der Waals surface area contributed by atoms with Gasteiger partial charge >= 0.3 is 0 Å². The predicted octanol–water partition coefficient (Wildman–Crippen LogP) is 2.71. The van der Waals surface area contributed by atoms with E-state index in [1.165, 1.54) is 0 Å². The molecular weight excluding hydrogens is 380 g/mol. The molecule has 0 aliphatic carbocycles. The molecule has 0 saturated carbocycles. The van der Waals surface area contributed by atoms with Crippen LogP contribution in [-0.4, -0.2) is 60.8 Å². The Labute approximate surface area is 176 Å². The Morgan fingerprint density at radius 3 is 1.79 bits per heavy atom. The van der Waals surface area contributed by atoms with Gasteiger partial charge in [-0.05, 0) is 12.0 Å². The van der Waals surface area contributed by atoms with Crippen molar-refractivity contribution in [3.8, 4) is 11.5 Å². The summed E-state index contributed by atoms with van der Waals surface area (Å²) in [6.45, 7) is 13.6. The summed E-state index contributed by atoms with van der Waals surface area (Å²) in [6.07, 6.45) is -1.22. The number of nitrogens with one attached hydrogen (secondary N) is 2. The second kappa shape index (κ2) is 14.0. The van der Waals surface area contributed by atoms with Gasteiger partial charge in [0, 0.05) is 30.7 Å². The molecule has 0 saturated heterocycles. The van der Waals surface area contributed by atoms with Crippen molar-refractivity contribution in [2.75, 3.05) is 26.3 Å². The van der Waals surface area contributed by atoms with Gasteiger partial charge in [-0.2, -0.15) is 0 Å². The van der Waals surface area contributed by atoms with Crippen molar-refractivity contribution in [3.63, 3.8) is 0 Å². The van der Waals surface area contributed by atoms with Crippen LogP contribution in [0.3, 0.4) is 0 Å². The van der Waals surface area contributed by atoms with Crippen LogP contribution in [0.4, 0.5) is 0 Å². The topological polar surface area (TPSA) is 83.0 Å². The van der Waals surface area contributed by atoms with Crippen LogP contribution < -0.4 is 20.1 Å². The van der Waals surface area contributed by atoms with Crippen molar-refractivity contribution in [1.82, 2.24) is 10.6 Å². The normalized spacial score (nSPS) is 13.5. The van der Waals surface area contributed by atoms with Crippen LogP contribution in [-0.2, 0) is 0 Å². The van der Waals surface area contributed by atoms with E-state index in [0.717, 1.165) is 5.56 Å². The van der Waals surface area contributed by atoms with Crippen LogP contribution >= 0.6 is 12.4 Å². The molecular formula is C21H39ClN2O4. The zero-order valence-corrected chi connectivity index (χ0v) is 18.9. The lowest BCUT2D eigenvalue weighted by Gasteiger charge is -2.21. The van der Waals surface area contributed by atoms with Gasteiger partial charge in [0.1, 0.15) is 25.4 Å². The van der Waals surface area contributed by atoms with Crippen molar-refractivity contribution < 1.29 is 19.7 Å². The summed E-state index contributed by atoms with van der Waals surface area (Å²) in [7, 11) is 0. The average Bonchev–Trinajstić information content (AvgIpc) is 2.61. The molecule has 0 radical (unpaired) electrons. The Morgan fingerprint density at radius 1 is 0.821 bits per heavy atom. The predicted molar refractivity (Wildman–Crippen MR) is 117 cm³/mol. The number of halogens is 1. The van der Waals surface area contributed by atoms with Gasteiger partial charge in [0.25, 0.3) is 0 Å². The van der Waals surface area contributed by atoms with E-state index in [9.17, 15) is 10.2 Å². The summed E-state index contributed by atoms with van der Waals surface area (Å²) in [6, 6.07) is 6.38. The van der Waals surface area contributed by atoms with Gasteiger partial charge in [-0.3, -0.25) is 0 Å². The molecule has 164 valence electrons. The molecule has 7 heteroatoms. The van der Waals surface area contributed by atoms with Crippen LogP contribution in [0.2, 0.25) is 0 Å². The molecule has 0 aromatic heterocycles. The summed E-state index contributed by atoms with van der Waals surface area (Å²) in [5.74, 6) is 1.48. The number of benzene rings is 1. The first-order valence-corrected chi connectivity index (χ1v) is 9.92. The smallest absolute Gasteiger partial charge is 0.164 e. The van der Waals surface area contributed by atoms with Gasteiger partial charge in [-0.25, -0.2) is 0 Å². The molecule has 6 nitrogen and oxygen atoms in total. The van der Waals surface area contributed by atoms with Gasteiger partial charge in [0.05, 0.1) is 0 Å². The van der Waals surface area contributed by atoms with Crippen molar-refractivity contribution in [2.45, 2.75) is 71.8 Å². The van der Waals surface area contributed by atoms with Crippen LogP contribution in [0.5, 0.6) is 11.5 Å². The van der Waals surface area contributed by atoms with E-state index in [2.05, 4.69) is 24.5 Å². The van der Waals surface area contributed by atoms with Gasteiger partial charge < -0.3 is 30.3 Å². The molecule has 4 N–H and O–H groups in total. The zero-order valence-electron chi connectivity index (χ0n) is 18.1. The number of rotatable bonds is 13. The minimum absolute atomic E-state index is 0. The fourth-order valence-electron chi connectivity index (χ4n) is 2.48. The van der Waals surface area contributed by atoms with Crippen molar-refractivity contribution in [1.29, 1.82) is 0 Å². The monoisotopic (exact) mass is 418 g/mol. The molecule has 1 rings (SSSR count). The van der Waals surface area contributed by atoms with Crippen molar-refractivity contribution in [2.24, 2.45) is 0 Å². The number of para-hydroxylation sites is 1. The van der Waals surface area contributed by atoms with Gasteiger partial charge in [0.2, 0.25) is 0 Å². The fraction of sp³-hybridized carbons (Fsp3) is 0.714. The highest BCUT2D eigenvalue weighted by Crippen LogP contribution is 2.36. The van der Waals surface area contributed by atoms with E-state index in [0.29, 0.717) is 36.7 Å². The second-order valence-corrected chi connectivity index (χ2v) is 7.88. The Bertz CT molecular complexity index is 541. The molecule has 0 aliphatic rings. The maximum Gasteiger partial charge on any atom is 0.164 e. The minimum atomic E-state index is -0.610. The van der Waals surface area contributed by atoms with E-state index in [1.807, 2.05) is 45.9 Å². The third-order valence-electron chi connectivity index (χ3n) is 4.01. The first-order valence-electron chi connectivity index (χ1n) is 9.92. The van der Waals surface area contributed by atoms with Crippen LogP contribution in [0.25, 0.3) is 0 Å². The molecule has 1 aromatic rings. The Hall–Kier alpha value is -1.05. The standard InChI is InChI=1S/C21H38N2O4.ClH/c1-14(2)19-8-7-9-20(26-12-17(24)10-22-15(3)4)21(19)27-13-18(25)11-23-16(5)6;/h7-9,14-18,22-25H,10-13H2,1-6H3;1H. The third-order valence-corrected chi connectivity index (χ3v) is 4.01. The maximum atomic E-state index is 10.1. The van der Waals surface area contributed by atoms with Gasteiger partial charge in [-0.1, -0.05) is 53.7 Å². The Morgan fingerprint density at radius 2 is 1.32 bits per heavy atom. The van der Waals surface area contributed by atoms with E-state index in [1.54, 1.807) is 0 Å². The minimum Gasteiger partial charge on any atom is -0.487 e. The molecule has 1 aromatic carbocycles. The average molecular weight is 419 g/mol. The number of ether oxygens (including phenoxy) is 2. The molecule has 0 bridgehead atoms. The lowest BCUT2D eigenvalue weighted by molar-refractivity contribution is 0.0903. The van der Waals surface area contributed by atoms with Gasteiger partial charge in [-0.15, -0.1) is 12.4 Å². The van der Waals surface area contributed by atoms with E-state index < -0.39 is 12.2 Å². The molecule has 0 fully saturated rings. The first kappa shape index (κ1) is 27.0. The number of hydrogen-bond acceptors (Lipinski definition) is 6. The van der Waals surface area contributed by atoms with E-state index >= 15 is 0 Å². The maximum absolute atomic E-state index is 10.1. The molecule has 0 aliphatic heterocycles. The molecule has 2 atom stereocenters. The number of hydrogen-bond donors (Lipinski definition) is 4. The number of aliphatic hydroxyl groups is 2. The van der Waals surface area contributed by atoms with Gasteiger partial charge in [0.15, 0.2) is 11.5 Å². The molecule has 0 heterocycles. The van der Waals surface area contributed by atoms with Crippen LogP contribution in [0, 0.1) is 0 Å². The molecule has 2 unspecified atom stereocenters. The van der Waals surface area contributed by atoms with E-state index in [4.69, 9.17) is 9.47 Å². The lowest BCUT2D eigenvalue weighted by atomic mass is 10.0. The SMILES string of the molecule is CC(C)NCC(O)COc1cccc(C(C)C)c1OCC(O)CNC(C)C.Cl. The molecule has 0 spiro atoms. The summed E-state index contributed by atoms with van der Waals surface area (Å²) >= 11 is 0. The Kier molecular flexibility index (Phi) is 13.5. The van der Waals surface area contributed by atoms with E-state index in [-0.39, 0.29) is 31.5 Å². The first-order chi connectivity index (χ1) is 12.7. The summed E-state index contributed by atoms with van der Waals surface area (Å²) in [4.78, 5) is 0. The quantitative estimate of drug-likeness (QED) is 0.394. The largest absolute Gasteiger partial charge is 0.487 e. The van der Waals surface area contributed by atoms with Crippen LogP contribution in [0.15, 0.2) is 18.2 Å². The Balaban J connectivity index is 0.00000729. The molecule has 0 amide bonds. The number of aliphatic hydroxyl groups excluding tert-OH is 2. The zero-order chi connectivity index (χ0) is 20.4. The summed E-state index contributed by atoms with van der Waals surface area (Å²) < 4.78 is 11.8. The lowest BCUT2D eigenvalue weighted by Crippen LogP contribution is -2.35. The fourth-order valence-corrected chi connectivity index (χ4v) is 2.48.